The maximum atomic E-state index is 11.5. The Balaban J connectivity index is 1.72. The average molecular weight is 276 g/mol. The molecular weight excluding hydrogens is 264 g/mol. The Hall–Kier alpha value is -2.15. The number of phenolic OH excluding ortho intramolecular Hbond substituents is 1. The Morgan fingerprint density at radius 2 is 2.26 bits per heavy atom. The summed E-state index contributed by atoms with van der Waals surface area (Å²) >= 11 is 1.32. The normalized spacial score (nSPS) is 14.3. The highest BCUT2D eigenvalue weighted by atomic mass is 32.1. The Morgan fingerprint density at radius 1 is 1.47 bits per heavy atom. The zero-order valence-corrected chi connectivity index (χ0v) is 10.8. The van der Waals surface area contributed by atoms with Crippen LogP contribution in [0.25, 0.3) is 10.2 Å². The van der Waals surface area contributed by atoms with E-state index in [1.54, 1.807) is 12.1 Å². The van der Waals surface area contributed by atoms with Gasteiger partial charge in [0, 0.05) is 5.92 Å². The lowest BCUT2D eigenvalue weighted by molar-refractivity contribution is -0.120. The predicted molar refractivity (Wildman–Crippen MR) is 73.5 cm³/mol. The number of anilines is 1. The molecule has 3 rings (SSSR count). The van der Waals surface area contributed by atoms with E-state index in [1.807, 2.05) is 6.07 Å². The second kappa shape index (κ2) is 4.51. The second-order valence-electron chi connectivity index (χ2n) is 4.41. The molecule has 1 aromatic heterocycles. The van der Waals surface area contributed by atoms with E-state index in [9.17, 15) is 9.90 Å². The summed E-state index contributed by atoms with van der Waals surface area (Å²) in [5.74, 6) is -0.0474. The first-order valence-electron chi connectivity index (χ1n) is 5.88. The van der Waals surface area contributed by atoms with Gasteiger partial charge in [-0.15, -0.1) is 0 Å². The lowest BCUT2D eigenvalue weighted by Crippen LogP contribution is -2.35. The first kappa shape index (κ1) is 11.9. The lowest BCUT2D eigenvalue weighted by atomic mass is 10.3. The zero-order valence-electron chi connectivity index (χ0n) is 9.93. The molecule has 1 saturated carbocycles. The number of carbonyl (C=O) groups is 1. The summed E-state index contributed by atoms with van der Waals surface area (Å²) in [5, 5.41) is 23.0. The molecule has 1 aliphatic rings. The molecule has 19 heavy (non-hydrogen) atoms. The SMILES string of the molecule is N=C(NC(=O)C1CC1)Nc1nc2c(O)cccc2s1. The number of benzene rings is 1. The number of para-hydroxylation sites is 1. The van der Waals surface area contributed by atoms with Gasteiger partial charge >= 0.3 is 0 Å². The summed E-state index contributed by atoms with van der Waals surface area (Å²) in [6.45, 7) is 0. The number of thiazole rings is 1. The molecule has 1 fully saturated rings. The highest BCUT2D eigenvalue weighted by Gasteiger charge is 2.30. The van der Waals surface area contributed by atoms with Crippen LogP contribution < -0.4 is 10.6 Å². The zero-order chi connectivity index (χ0) is 13.4. The number of aromatic hydroxyl groups is 1. The monoisotopic (exact) mass is 276 g/mol. The largest absolute Gasteiger partial charge is 0.506 e. The number of nitrogens with one attached hydrogen (secondary N) is 3. The van der Waals surface area contributed by atoms with Crippen molar-refractivity contribution in [1.82, 2.24) is 10.3 Å². The van der Waals surface area contributed by atoms with E-state index < -0.39 is 0 Å². The Labute approximate surface area is 113 Å². The van der Waals surface area contributed by atoms with Crippen molar-refractivity contribution >= 4 is 38.6 Å². The molecule has 1 amide bonds. The van der Waals surface area contributed by atoms with Gasteiger partial charge in [0.1, 0.15) is 11.3 Å². The van der Waals surface area contributed by atoms with Crippen molar-refractivity contribution in [3.8, 4) is 5.75 Å². The number of fused-ring (bicyclic) bond motifs is 1. The van der Waals surface area contributed by atoms with Crippen LogP contribution in [0.1, 0.15) is 12.8 Å². The molecule has 0 spiro atoms. The minimum atomic E-state index is -0.124. The van der Waals surface area contributed by atoms with Crippen LogP contribution in [0.4, 0.5) is 5.13 Å². The smallest absolute Gasteiger partial charge is 0.229 e. The molecule has 2 aromatic rings. The Kier molecular flexibility index (Phi) is 2.83. The van der Waals surface area contributed by atoms with Crippen molar-refractivity contribution in [3.05, 3.63) is 18.2 Å². The molecule has 0 saturated heterocycles. The third kappa shape index (κ3) is 2.50. The summed E-state index contributed by atoms with van der Waals surface area (Å²) in [6.07, 6.45) is 1.79. The second-order valence-corrected chi connectivity index (χ2v) is 5.44. The van der Waals surface area contributed by atoms with Crippen LogP contribution in [0.2, 0.25) is 0 Å². The van der Waals surface area contributed by atoms with Crippen molar-refractivity contribution in [2.24, 2.45) is 5.92 Å². The number of carbonyl (C=O) groups excluding carboxylic acids is 1. The number of guanidine groups is 1. The molecule has 1 aliphatic carbocycles. The van der Waals surface area contributed by atoms with E-state index in [1.165, 1.54) is 11.3 Å². The highest BCUT2D eigenvalue weighted by Crippen LogP contribution is 2.31. The van der Waals surface area contributed by atoms with Gasteiger partial charge in [0.05, 0.1) is 4.70 Å². The van der Waals surface area contributed by atoms with E-state index in [-0.39, 0.29) is 23.5 Å². The van der Waals surface area contributed by atoms with Gasteiger partial charge in [-0.2, -0.15) is 0 Å². The number of aromatic nitrogens is 1. The summed E-state index contributed by atoms with van der Waals surface area (Å²) in [7, 11) is 0. The van der Waals surface area contributed by atoms with Crippen LogP contribution in [0.5, 0.6) is 5.75 Å². The molecule has 0 aliphatic heterocycles. The van der Waals surface area contributed by atoms with Crippen LogP contribution >= 0.6 is 11.3 Å². The molecule has 0 bridgehead atoms. The van der Waals surface area contributed by atoms with Gasteiger partial charge in [-0.1, -0.05) is 17.4 Å². The summed E-state index contributed by atoms with van der Waals surface area (Å²) in [4.78, 5) is 15.7. The van der Waals surface area contributed by atoms with E-state index >= 15 is 0 Å². The molecule has 1 aromatic carbocycles. The van der Waals surface area contributed by atoms with Crippen LogP contribution in [0.15, 0.2) is 18.2 Å². The topological polar surface area (TPSA) is 98.1 Å². The first-order chi connectivity index (χ1) is 9.13. The number of rotatable bonds is 2. The van der Waals surface area contributed by atoms with Gasteiger partial charge < -0.3 is 10.4 Å². The van der Waals surface area contributed by atoms with Crippen molar-refractivity contribution in [2.75, 3.05) is 5.32 Å². The Bertz CT molecular complexity index is 663. The van der Waals surface area contributed by atoms with Crippen molar-refractivity contribution < 1.29 is 9.90 Å². The molecule has 4 N–H and O–H groups in total. The fourth-order valence-corrected chi connectivity index (χ4v) is 2.59. The van der Waals surface area contributed by atoms with Crippen LogP contribution in [-0.2, 0) is 4.79 Å². The summed E-state index contributed by atoms with van der Waals surface area (Å²) in [6, 6.07) is 5.14. The van der Waals surface area contributed by atoms with Crippen molar-refractivity contribution in [2.45, 2.75) is 12.8 Å². The van der Waals surface area contributed by atoms with Gasteiger partial charge in [0.2, 0.25) is 11.9 Å². The van der Waals surface area contributed by atoms with Gasteiger partial charge in [0.25, 0.3) is 0 Å². The van der Waals surface area contributed by atoms with E-state index in [0.717, 1.165) is 17.5 Å². The maximum Gasteiger partial charge on any atom is 0.229 e. The molecule has 7 heteroatoms. The van der Waals surface area contributed by atoms with Gasteiger partial charge in [-0.3, -0.25) is 15.5 Å². The highest BCUT2D eigenvalue weighted by molar-refractivity contribution is 7.22. The Morgan fingerprint density at radius 3 is 2.95 bits per heavy atom. The first-order valence-corrected chi connectivity index (χ1v) is 6.70. The predicted octanol–water partition coefficient (Wildman–Crippen LogP) is 1.87. The van der Waals surface area contributed by atoms with Gasteiger partial charge in [-0.25, -0.2) is 4.98 Å². The van der Waals surface area contributed by atoms with E-state index in [2.05, 4.69) is 15.6 Å². The van der Waals surface area contributed by atoms with Gasteiger partial charge in [-0.05, 0) is 25.0 Å². The quantitative estimate of drug-likeness (QED) is 0.497. The molecule has 98 valence electrons. The number of hydrogen-bond donors (Lipinski definition) is 4. The molecule has 0 atom stereocenters. The third-order valence-electron chi connectivity index (χ3n) is 2.83. The van der Waals surface area contributed by atoms with Crippen molar-refractivity contribution in [3.63, 3.8) is 0 Å². The molecule has 1 heterocycles. The van der Waals surface area contributed by atoms with Gasteiger partial charge in [0.15, 0.2) is 5.13 Å². The molecule has 0 unspecified atom stereocenters. The van der Waals surface area contributed by atoms with Crippen LogP contribution in [0.3, 0.4) is 0 Å². The number of phenols is 1. The van der Waals surface area contributed by atoms with E-state index in [4.69, 9.17) is 5.41 Å². The lowest BCUT2D eigenvalue weighted by Gasteiger charge is -2.05. The standard InChI is InChI=1S/C12H12N4O2S/c13-11(15-10(18)6-4-5-6)16-12-14-9-7(17)2-1-3-8(9)19-12/h1-3,6,17H,4-5H2,(H3,13,14,15,16,18). The summed E-state index contributed by atoms with van der Waals surface area (Å²) in [5.41, 5.74) is 0.497. The molecule has 6 nitrogen and oxygen atoms in total. The van der Waals surface area contributed by atoms with E-state index in [0.29, 0.717) is 10.6 Å². The fourth-order valence-electron chi connectivity index (χ4n) is 1.70. The number of hydrogen-bond acceptors (Lipinski definition) is 5. The number of amides is 1. The summed E-state index contributed by atoms with van der Waals surface area (Å²) < 4.78 is 0.823. The third-order valence-corrected chi connectivity index (χ3v) is 3.76. The molecule has 0 radical (unpaired) electrons. The van der Waals surface area contributed by atoms with Crippen LogP contribution in [-0.4, -0.2) is 22.0 Å². The van der Waals surface area contributed by atoms with Crippen molar-refractivity contribution in [1.29, 1.82) is 5.41 Å². The minimum absolute atomic E-state index is 0.0570. The maximum absolute atomic E-state index is 11.5. The fraction of sp³-hybridized carbons (Fsp3) is 0.250. The molecular formula is C12H12N4O2S. The minimum Gasteiger partial charge on any atom is -0.506 e. The number of nitrogens with zero attached hydrogens (tertiary/aromatic N) is 1. The van der Waals surface area contributed by atoms with Crippen LogP contribution in [0, 0.1) is 11.3 Å². The average Bonchev–Trinajstić information content (AvgIpc) is 3.11.